The zero-order chi connectivity index (χ0) is 15.8. The maximum absolute atomic E-state index is 13.1. The summed E-state index contributed by atoms with van der Waals surface area (Å²) in [5.74, 6) is -0.133. The summed E-state index contributed by atoms with van der Waals surface area (Å²) >= 11 is 0. The molecule has 0 unspecified atom stereocenters. The van der Waals surface area contributed by atoms with Crippen LogP contribution >= 0.6 is 0 Å². The van der Waals surface area contributed by atoms with Crippen LogP contribution in [0.25, 0.3) is 0 Å². The number of alkyl halides is 1. The Morgan fingerprint density at radius 1 is 1.57 bits per heavy atom. The van der Waals surface area contributed by atoms with Crippen LogP contribution in [0.1, 0.15) is 47.0 Å². The number of halogens is 1. The third-order valence-corrected chi connectivity index (χ3v) is 5.57. The minimum atomic E-state index is -0.897. The highest BCUT2D eigenvalue weighted by molar-refractivity contribution is 5.66. The first-order chi connectivity index (χ1) is 9.79. The van der Waals surface area contributed by atoms with Crippen molar-refractivity contribution in [2.45, 2.75) is 58.7 Å². The van der Waals surface area contributed by atoms with E-state index in [1.54, 1.807) is 0 Å². The molecule has 0 saturated heterocycles. The lowest BCUT2D eigenvalue weighted by Gasteiger charge is -2.52. The van der Waals surface area contributed by atoms with E-state index in [-0.39, 0.29) is 42.4 Å². The molecule has 4 heteroatoms. The van der Waals surface area contributed by atoms with Gasteiger partial charge in [0.2, 0.25) is 0 Å². The number of aliphatic hydroxyl groups is 1. The van der Waals surface area contributed by atoms with Gasteiger partial charge in [-0.25, -0.2) is 0 Å². The SMILES string of the molecule is CC(=O)O[C@@H]1C[C@@]2(O)[C@H](C)CC[C@@H]([C@H](C)CF)[C@H]2C=C1C. The maximum atomic E-state index is 13.1. The summed E-state index contributed by atoms with van der Waals surface area (Å²) in [5, 5.41) is 11.2. The zero-order valence-electron chi connectivity index (χ0n) is 13.4. The predicted molar refractivity (Wildman–Crippen MR) is 79.4 cm³/mol. The quantitative estimate of drug-likeness (QED) is 0.642. The number of hydrogen-bond donors (Lipinski definition) is 1. The number of carbonyl (C=O) groups excluding carboxylic acids is 1. The van der Waals surface area contributed by atoms with Crippen molar-refractivity contribution >= 4 is 5.97 Å². The first-order valence-electron chi connectivity index (χ1n) is 7.93. The Hall–Kier alpha value is -0.900. The van der Waals surface area contributed by atoms with Crippen LogP contribution in [0.5, 0.6) is 0 Å². The molecule has 120 valence electrons. The second kappa shape index (κ2) is 6.07. The first-order valence-corrected chi connectivity index (χ1v) is 7.93. The Kier molecular flexibility index (Phi) is 4.76. The van der Waals surface area contributed by atoms with Gasteiger partial charge in [0.15, 0.2) is 0 Å². The second-order valence-corrected chi connectivity index (χ2v) is 7.00. The summed E-state index contributed by atoms with van der Waals surface area (Å²) in [7, 11) is 0. The number of fused-ring (bicyclic) bond motifs is 1. The Morgan fingerprint density at radius 3 is 2.81 bits per heavy atom. The number of carbonyl (C=O) groups is 1. The van der Waals surface area contributed by atoms with Crippen LogP contribution in [0, 0.1) is 23.7 Å². The van der Waals surface area contributed by atoms with Crippen molar-refractivity contribution in [2.24, 2.45) is 23.7 Å². The molecule has 0 bridgehead atoms. The van der Waals surface area contributed by atoms with E-state index in [0.717, 1.165) is 18.4 Å². The Labute approximate surface area is 126 Å². The third kappa shape index (κ3) is 3.01. The third-order valence-electron chi connectivity index (χ3n) is 5.57. The van der Waals surface area contributed by atoms with E-state index >= 15 is 0 Å². The van der Waals surface area contributed by atoms with Gasteiger partial charge in [-0.05, 0) is 43.1 Å². The number of esters is 1. The molecule has 0 heterocycles. The van der Waals surface area contributed by atoms with Crippen LogP contribution in [0.3, 0.4) is 0 Å². The van der Waals surface area contributed by atoms with Gasteiger partial charge in [0.25, 0.3) is 0 Å². The summed E-state index contributed by atoms with van der Waals surface area (Å²) in [6.07, 6.45) is 3.94. The highest BCUT2D eigenvalue weighted by atomic mass is 19.1. The molecule has 2 aliphatic rings. The smallest absolute Gasteiger partial charge is 0.303 e. The van der Waals surface area contributed by atoms with Crippen LogP contribution in [0.2, 0.25) is 0 Å². The molecule has 0 aromatic carbocycles. The van der Waals surface area contributed by atoms with E-state index < -0.39 is 5.60 Å². The highest BCUT2D eigenvalue weighted by Gasteiger charge is 2.52. The Balaban J connectivity index is 2.33. The van der Waals surface area contributed by atoms with Crippen molar-refractivity contribution < 1.29 is 19.0 Å². The fraction of sp³-hybridized carbons (Fsp3) is 0.824. The minimum Gasteiger partial charge on any atom is -0.458 e. The van der Waals surface area contributed by atoms with Gasteiger partial charge in [-0.2, -0.15) is 0 Å². The normalized spacial score (nSPS) is 41.0. The second-order valence-electron chi connectivity index (χ2n) is 7.00. The van der Waals surface area contributed by atoms with Gasteiger partial charge in [0.1, 0.15) is 6.10 Å². The lowest BCUT2D eigenvalue weighted by molar-refractivity contribution is -0.159. The summed E-state index contributed by atoms with van der Waals surface area (Å²) < 4.78 is 18.5. The number of ether oxygens (including phenoxy) is 1. The molecule has 0 aromatic rings. The lowest BCUT2D eigenvalue weighted by Crippen LogP contribution is -2.55. The minimum absolute atomic E-state index is 0.0428. The fourth-order valence-corrected chi connectivity index (χ4v) is 4.11. The molecular weight excluding hydrogens is 271 g/mol. The molecular formula is C17H27FO3. The zero-order valence-corrected chi connectivity index (χ0v) is 13.4. The molecule has 2 rings (SSSR count). The van der Waals surface area contributed by atoms with E-state index in [1.165, 1.54) is 6.92 Å². The predicted octanol–water partition coefficient (Wildman–Crippen LogP) is 3.27. The van der Waals surface area contributed by atoms with Gasteiger partial charge in [-0.15, -0.1) is 0 Å². The fourth-order valence-electron chi connectivity index (χ4n) is 4.11. The van der Waals surface area contributed by atoms with E-state index in [0.29, 0.717) is 6.42 Å². The summed E-state index contributed by atoms with van der Waals surface area (Å²) in [6.45, 7) is 6.93. The molecule has 1 saturated carbocycles. The monoisotopic (exact) mass is 298 g/mol. The number of rotatable bonds is 3. The van der Waals surface area contributed by atoms with Crippen LogP contribution in [0.15, 0.2) is 11.6 Å². The molecule has 0 aliphatic heterocycles. The maximum Gasteiger partial charge on any atom is 0.303 e. The largest absolute Gasteiger partial charge is 0.458 e. The van der Waals surface area contributed by atoms with Crippen LogP contribution in [0.4, 0.5) is 4.39 Å². The van der Waals surface area contributed by atoms with Gasteiger partial charge in [0.05, 0.1) is 12.3 Å². The molecule has 2 aliphatic carbocycles. The van der Waals surface area contributed by atoms with Crippen LogP contribution < -0.4 is 0 Å². The van der Waals surface area contributed by atoms with E-state index in [9.17, 15) is 14.3 Å². The lowest BCUT2D eigenvalue weighted by atomic mass is 9.57. The Morgan fingerprint density at radius 2 is 2.24 bits per heavy atom. The van der Waals surface area contributed by atoms with Crippen LogP contribution in [-0.4, -0.2) is 29.5 Å². The molecule has 1 fully saturated rings. The summed E-state index contributed by atoms with van der Waals surface area (Å²) in [5.41, 5.74) is 0.0800. The van der Waals surface area contributed by atoms with Crippen molar-refractivity contribution in [2.75, 3.05) is 6.67 Å². The Bertz CT molecular complexity index is 434. The van der Waals surface area contributed by atoms with Crippen molar-refractivity contribution in [3.05, 3.63) is 11.6 Å². The van der Waals surface area contributed by atoms with E-state index in [2.05, 4.69) is 0 Å². The number of hydrogen-bond acceptors (Lipinski definition) is 3. The molecule has 3 nitrogen and oxygen atoms in total. The van der Waals surface area contributed by atoms with Gasteiger partial charge in [0, 0.05) is 19.3 Å². The van der Waals surface area contributed by atoms with Gasteiger partial charge in [-0.3, -0.25) is 9.18 Å². The van der Waals surface area contributed by atoms with Crippen molar-refractivity contribution in [1.82, 2.24) is 0 Å². The molecule has 21 heavy (non-hydrogen) atoms. The average Bonchev–Trinajstić information content (AvgIpc) is 2.41. The molecule has 0 amide bonds. The van der Waals surface area contributed by atoms with Crippen LogP contribution in [-0.2, 0) is 9.53 Å². The molecule has 6 atom stereocenters. The molecule has 1 N–H and O–H groups in total. The molecule has 0 radical (unpaired) electrons. The van der Waals surface area contributed by atoms with Crippen molar-refractivity contribution in [3.8, 4) is 0 Å². The standard InChI is InChI=1S/C17H27FO3/c1-10-7-15-14(11(2)9-18)6-5-12(3)17(15,20)8-16(10)21-13(4)19/h7,11-12,14-16,20H,5-6,8-9H2,1-4H3/t11-,12-,14+,15-,16-,17-/m1/s1. The topological polar surface area (TPSA) is 46.5 Å². The van der Waals surface area contributed by atoms with E-state index in [4.69, 9.17) is 4.74 Å². The molecule has 0 aromatic heterocycles. The molecule has 0 spiro atoms. The van der Waals surface area contributed by atoms with Crippen molar-refractivity contribution in [3.63, 3.8) is 0 Å². The van der Waals surface area contributed by atoms with Gasteiger partial charge < -0.3 is 9.84 Å². The first kappa shape index (κ1) is 16.5. The average molecular weight is 298 g/mol. The summed E-state index contributed by atoms with van der Waals surface area (Å²) in [4.78, 5) is 11.2. The van der Waals surface area contributed by atoms with Gasteiger partial charge in [-0.1, -0.05) is 19.9 Å². The highest BCUT2D eigenvalue weighted by Crippen LogP contribution is 2.51. The summed E-state index contributed by atoms with van der Waals surface area (Å²) in [6, 6.07) is 0. The van der Waals surface area contributed by atoms with E-state index in [1.807, 2.05) is 26.8 Å². The van der Waals surface area contributed by atoms with Crippen molar-refractivity contribution in [1.29, 1.82) is 0 Å². The van der Waals surface area contributed by atoms with Gasteiger partial charge >= 0.3 is 5.97 Å².